The minimum Gasteiger partial charge on any atom is -0.444 e. The number of amides is 2. The lowest BCUT2D eigenvalue weighted by Gasteiger charge is -2.23. The molecule has 2 aliphatic rings. The molecule has 0 bridgehead atoms. The molecule has 158 valence electrons. The van der Waals surface area contributed by atoms with Gasteiger partial charge in [0.25, 0.3) is 5.91 Å². The largest absolute Gasteiger partial charge is 0.444 e. The molecular weight excluding hydrogens is 383 g/mol. The number of Topliss-reactive ketones (excluding diaryl/α,β-unsaturated/α-hetero) is 1. The fourth-order valence-corrected chi connectivity index (χ4v) is 3.36. The van der Waals surface area contributed by atoms with Crippen molar-refractivity contribution in [2.75, 3.05) is 49.1 Å². The Kier molecular flexibility index (Phi) is 6.65. The first-order valence-corrected chi connectivity index (χ1v) is 9.54. The SMILES string of the molecule is CC(=O)CC[C@H]1CN(c2ccc(N3CCON(C(=O)CN)CC3)c(F)c2)C(=O)O1. The van der Waals surface area contributed by atoms with Gasteiger partial charge in [-0.15, -0.1) is 0 Å². The zero-order chi connectivity index (χ0) is 21.0. The Morgan fingerprint density at radius 2 is 2.07 bits per heavy atom. The number of ketones is 1. The summed E-state index contributed by atoms with van der Waals surface area (Å²) in [5, 5.41) is 1.20. The van der Waals surface area contributed by atoms with Crippen molar-refractivity contribution in [3.05, 3.63) is 24.0 Å². The second-order valence-corrected chi connectivity index (χ2v) is 7.01. The van der Waals surface area contributed by atoms with Gasteiger partial charge in [0, 0.05) is 19.5 Å². The molecule has 3 rings (SSSR count). The first-order chi connectivity index (χ1) is 13.9. The van der Waals surface area contributed by atoms with Gasteiger partial charge in [0.15, 0.2) is 0 Å². The quantitative estimate of drug-likeness (QED) is 0.750. The highest BCUT2D eigenvalue weighted by Gasteiger charge is 2.33. The van der Waals surface area contributed by atoms with Crippen LogP contribution in [0.3, 0.4) is 0 Å². The number of hydrogen-bond donors (Lipinski definition) is 1. The highest BCUT2D eigenvalue weighted by atomic mass is 19.1. The molecule has 2 heterocycles. The smallest absolute Gasteiger partial charge is 0.414 e. The van der Waals surface area contributed by atoms with Gasteiger partial charge in [-0.1, -0.05) is 0 Å². The van der Waals surface area contributed by atoms with Gasteiger partial charge in [0.2, 0.25) is 0 Å². The average Bonchev–Trinajstić information content (AvgIpc) is 2.90. The summed E-state index contributed by atoms with van der Waals surface area (Å²) in [6.07, 6.45) is -0.156. The molecule has 2 aliphatic heterocycles. The van der Waals surface area contributed by atoms with E-state index >= 15 is 0 Å². The molecule has 29 heavy (non-hydrogen) atoms. The summed E-state index contributed by atoms with van der Waals surface area (Å²) in [5.74, 6) is -0.779. The normalized spacial score (nSPS) is 19.9. The Morgan fingerprint density at radius 3 is 2.76 bits per heavy atom. The first-order valence-electron chi connectivity index (χ1n) is 9.54. The summed E-state index contributed by atoms with van der Waals surface area (Å²) in [6.45, 7) is 2.91. The lowest BCUT2D eigenvalue weighted by atomic mass is 10.1. The number of ether oxygens (including phenoxy) is 1. The van der Waals surface area contributed by atoms with Crippen LogP contribution < -0.4 is 15.5 Å². The minimum absolute atomic E-state index is 0.0306. The van der Waals surface area contributed by atoms with Crippen molar-refractivity contribution in [2.45, 2.75) is 25.9 Å². The molecule has 0 unspecified atom stereocenters. The maximum absolute atomic E-state index is 14.8. The van der Waals surface area contributed by atoms with Gasteiger partial charge in [-0.3, -0.25) is 14.5 Å². The van der Waals surface area contributed by atoms with Crippen LogP contribution in [0, 0.1) is 5.82 Å². The number of carbonyl (C=O) groups is 3. The average molecular weight is 408 g/mol. The van der Waals surface area contributed by atoms with Gasteiger partial charge in [-0.05, 0) is 31.5 Å². The molecule has 2 fully saturated rings. The van der Waals surface area contributed by atoms with Crippen molar-refractivity contribution in [1.29, 1.82) is 0 Å². The third-order valence-corrected chi connectivity index (χ3v) is 4.91. The Morgan fingerprint density at radius 1 is 1.28 bits per heavy atom. The van der Waals surface area contributed by atoms with Crippen LogP contribution in [0.2, 0.25) is 0 Å². The number of nitrogens with two attached hydrogens (primary N) is 1. The number of rotatable bonds is 6. The Labute approximate surface area is 168 Å². The van der Waals surface area contributed by atoms with E-state index in [0.29, 0.717) is 37.3 Å². The molecule has 2 N–H and O–H groups in total. The molecule has 0 spiro atoms. The van der Waals surface area contributed by atoms with Crippen molar-refractivity contribution in [1.82, 2.24) is 5.06 Å². The maximum Gasteiger partial charge on any atom is 0.414 e. The van der Waals surface area contributed by atoms with Crippen molar-refractivity contribution in [2.24, 2.45) is 5.73 Å². The predicted molar refractivity (Wildman–Crippen MR) is 103 cm³/mol. The lowest BCUT2D eigenvalue weighted by molar-refractivity contribution is -0.180. The van der Waals surface area contributed by atoms with Crippen LogP contribution in [-0.4, -0.2) is 68.3 Å². The van der Waals surface area contributed by atoms with Gasteiger partial charge < -0.3 is 20.2 Å². The highest BCUT2D eigenvalue weighted by molar-refractivity contribution is 5.90. The molecule has 0 radical (unpaired) electrons. The standard InChI is InChI=1S/C19H25FN4O5/c1-13(25)2-4-15-12-23(19(27)29-15)14-3-5-17(16(20)10-14)22-6-7-24(18(26)11-21)28-9-8-22/h3,5,10,15H,2,4,6-9,11-12,21H2,1H3/t15-/m0/s1. The number of halogens is 1. The topological polar surface area (TPSA) is 105 Å². The molecule has 2 amide bonds. The van der Waals surface area contributed by atoms with Crippen LogP contribution >= 0.6 is 0 Å². The summed E-state index contributed by atoms with van der Waals surface area (Å²) in [7, 11) is 0. The third-order valence-electron chi connectivity index (χ3n) is 4.91. The van der Waals surface area contributed by atoms with E-state index in [1.165, 1.54) is 23.0 Å². The van der Waals surface area contributed by atoms with E-state index in [2.05, 4.69) is 0 Å². The lowest BCUT2D eigenvalue weighted by Crippen LogP contribution is -2.38. The van der Waals surface area contributed by atoms with E-state index < -0.39 is 11.9 Å². The Bertz CT molecular complexity index is 790. The third kappa shape index (κ3) is 5.01. The van der Waals surface area contributed by atoms with Crippen LogP contribution in [0.15, 0.2) is 18.2 Å². The van der Waals surface area contributed by atoms with Crippen molar-refractivity contribution >= 4 is 29.2 Å². The van der Waals surface area contributed by atoms with Crippen molar-refractivity contribution in [3.63, 3.8) is 0 Å². The zero-order valence-corrected chi connectivity index (χ0v) is 16.3. The van der Waals surface area contributed by atoms with Crippen LogP contribution in [0.25, 0.3) is 0 Å². The highest BCUT2D eigenvalue weighted by Crippen LogP contribution is 2.29. The predicted octanol–water partition coefficient (Wildman–Crippen LogP) is 1.06. The van der Waals surface area contributed by atoms with E-state index in [-0.39, 0.29) is 44.0 Å². The number of benzene rings is 1. The van der Waals surface area contributed by atoms with Crippen molar-refractivity contribution < 1.29 is 28.3 Å². The van der Waals surface area contributed by atoms with E-state index in [9.17, 15) is 18.8 Å². The molecule has 1 aromatic rings. The zero-order valence-electron chi connectivity index (χ0n) is 16.3. The Balaban J connectivity index is 1.66. The van der Waals surface area contributed by atoms with Gasteiger partial charge in [0.05, 0.1) is 37.6 Å². The molecule has 0 aliphatic carbocycles. The van der Waals surface area contributed by atoms with Crippen LogP contribution in [0.5, 0.6) is 0 Å². The summed E-state index contributed by atoms with van der Waals surface area (Å²) in [6, 6.07) is 4.54. The molecule has 10 heteroatoms. The molecular formula is C19H25FN4O5. The summed E-state index contributed by atoms with van der Waals surface area (Å²) in [5.41, 5.74) is 6.11. The van der Waals surface area contributed by atoms with Crippen LogP contribution in [0.1, 0.15) is 19.8 Å². The number of cyclic esters (lactones) is 1. The van der Waals surface area contributed by atoms with Crippen LogP contribution in [-0.2, 0) is 19.2 Å². The number of anilines is 2. The summed E-state index contributed by atoms with van der Waals surface area (Å²) < 4.78 is 20.1. The number of carbonyl (C=O) groups excluding carboxylic acids is 3. The monoisotopic (exact) mass is 408 g/mol. The molecule has 0 saturated carbocycles. The maximum atomic E-state index is 14.8. The van der Waals surface area contributed by atoms with E-state index in [0.717, 1.165) is 0 Å². The molecule has 9 nitrogen and oxygen atoms in total. The van der Waals surface area contributed by atoms with Gasteiger partial charge in [0.1, 0.15) is 17.7 Å². The van der Waals surface area contributed by atoms with E-state index in [1.54, 1.807) is 17.0 Å². The fraction of sp³-hybridized carbons (Fsp3) is 0.526. The molecule has 1 atom stereocenters. The van der Waals surface area contributed by atoms with E-state index in [4.69, 9.17) is 15.3 Å². The van der Waals surface area contributed by atoms with E-state index in [1.807, 2.05) is 0 Å². The van der Waals surface area contributed by atoms with Crippen molar-refractivity contribution in [3.8, 4) is 0 Å². The second kappa shape index (κ2) is 9.19. The van der Waals surface area contributed by atoms with Crippen LogP contribution in [0.4, 0.5) is 20.6 Å². The van der Waals surface area contributed by atoms with Gasteiger partial charge in [-0.25, -0.2) is 14.2 Å². The number of nitrogens with zero attached hydrogens (tertiary/aromatic N) is 3. The molecule has 2 saturated heterocycles. The van der Waals surface area contributed by atoms with Gasteiger partial charge >= 0.3 is 6.09 Å². The summed E-state index contributed by atoms with van der Waals surface area (Å²) >= 11 is 0. The second-order valence-electron chi connectivity index (χ2n) is 7.01. The molecule has 0 aromatic heterocycles. The number of hydroxylamine groups is 2. The minimum atomic E-state index is -0.551. The number of hydrogen-bond acceptors (Lipinski definition) is 7. The van der Waals surface area contributed by atoms with Gasteiger partial charge in [-0.2, -0.15) is 0 Å². The Hall–Kier alpha value is -2.72. The molecule has 1 aromatic carbocycles. The first kappa shape index (κ1) is 21.0. The summed E-state index contributed by atoms with van der Waals surface area (Å²) in [4.78, 5) is 43.4. The fourth-order valence-electron chi connectivity index (χ4n) is 3.36.